The van der Waals surface area contributed by atoms with Crippen LogP contribution in [0.3, 0.4) is 0 Å². The Labute approximate surface area is 123 Å². The number of aliphatic hydroxyl groups excluding tert-OH is 1. The number of methoxy groups -OCH3 is 1. The van der Waals surface area contributed by atoms with Crippen molar-refractivity contribution in [2.24, 2.45) is 0 Å². The van der Waals surface area contributed by atoms with Crippen LogP contribution in [0, 0.1) is 0 Å². The van der Waals surface area contributed by atoms with Gasteiger partial charge in [0.2, 0.25) is 0 Å². The molecule has 4 nitrogen and oxygen atoms in total. The lowest BCUT2D eigenvalue weighted by Crippen LogP contribution is -2.18. The van der Waals surface area contributed by atoms with Crippen molar-refractivity contribution >= 4 is 17.4 Å². The molecule has 0 fully saturated rings. The maximum atomic E-state index is 9.20. The Morgan fingerprint density at radius 2 is 2.10 bits per heavy atom. The van der Waals surface area contributed by atoms with Gasteiger partial charge in [0.25, 0.3) is 0 Å². The van der Waals surface area contributed by atoms with Crippen LogP contribution in [0.15, 0.2) is 36.4 Å². The van der Waals surface area contributed by atoms with E-state index in [2.05, 4.69) is 4.98 Å². The summed E-state index contributed by atoms with van der Waals surface area (Å²) in [6.07, 6.45) is 0. The van der Waals surface area contributed by atoms with Crippen molar-refractivity contribution in [2.75, 3.05) is 19.1 Å². The van der Waals surface area contributed by atoms with Gasteiger partial charge in [0.1, 0.15) is 11.6 Å². The summed E-state index contributed by atoms with van der Waals surface area (Å²) in [7, 11) is 3.59. The smallest absolute Gasteiger partial charge is 0.129 e. The zero-order chi connectivity index (χ0) is 14.5. The third-order valence-electron chi connectivity index (χ3n) is 3.00. The van der Waals surface area contributed by atoms with E-state index >= 15 is 0 Å². The predicted octanol–water partition coefficient (Wildman–Crippen LogP) is 2.87. The second-order valence-electron chi connectivity index (χ2n) is 4.46. The molecule has 0 aliphatic carbocycles. The minimum atomic E-state index is -0.167. The minimum absolute atomic E-state index is 0.167. The van der Waals surface area contributed by atoms with E-state index in [1.807, 2.05) is 42.3 Å². The van der Waals surface area contributed by atoms with E-state index < -0.39 is 0 Å². The SMILES string of the molecule is COc1cccc(CN(C)c2ccc(Cl)c(CO)n2)c1. The minimum Gasteiger partial charge on any atom is -0.497 e. The van der Waals surface area contributed by atoms with Crippen LogP contribution in [0.25, 0.3) is 0 Å². The summed E-state index contributed by atoms with van der Waals surface area (Å²) in [6, 6.07) is 11.5. The molecule has 1 aromatic carbocycles. The maximum Gasteiger partial charge on any atom is 0.129 e. The normalized spacial score (nSPS) is 10.4. The van der Waals surface area contributed by atoms with E-state index in [1.54, 1.807) is 13.2 Å². The summed E-state index contributed by atoms with van der Waals surface area (Å²) in [5.41, 5.74) is 1.61. The molecule has 0 saturated carbocycles. The summed E-state index contributed by atoms with van der Waals surface area (Å²) in [5.74, 6) is 1.59. The molecule has 106 valence electrons. The number of hydrogen-bond donors (Lipinski definition) is 1. The lowest BCUT2D eigenvalue weighted by atomic mass is 10.2. The van der Waals surface area contributed by atoms with Crippen LogP contribution in [-0.4, -0.2) is 24.2 Å². The van der Waals surface area contributed by atoms with Crippen molar-refractivity contribution in [3.63, 3.8) is 0 Å². The summed E-state index contributed by atoms with van der Waals surface area (Å²) in [4.78, 5) is 6.33. The number of nitrogens with zero attached hydrogens (tertiary/aromatic N) is 2. The molecule has 0 aliphatic heterocycles. The molecule has 0 saturated heterocycles. The second kappa shape index (κ2) is 6.59. The largest absolute Gasteiger partial charge is 0.497 e. The van der Waals surface area contributed by atoms with Crippen LogP contribution in [0.4, 0.5) is 5.82 Å². The Morgan fingerprint density at radius 3 is 2.80 bits per heavy atom. The molecule has 0 atom stereocenters. The number of aliphatic hydroxyl groups is 1. The van der Waals surface area contributed by atoms with Gasteiger partial charge in [-0.25, -0.2) is 4.98 Å². The first-order valence-corrected chi connectivity index (χ1v) is 6.62. The van der Waals surface area contributed by atoms with E-state index in [4.69, 9.17) is 16.3 Å². The predicted molar refractivity (Wildman–Crippen MR) is 80.3 cm³/mol. The average Bonchev–Trinajstić information content (AvgIpc) is 2.47. The highest BCUT2D eigenvalue weighted by molar-refractivity contribution is 6.31. The fourth-order valence-corrected chi connectivity index (χ4v) is 2.09. The first kappa shape index (κ1) is 14.6. The highest BCUT2D eigenvalue weighted by atomic mass is 35.5. The van der Waals surface area contributed by atoms with Crippen LogP contribution in [0.1, 0.15) is 11.3 Å². The van der Waals surface area contributed by atoms with Gasteiger partial charge >= 0.3 is 0 Å². The van der Waals surface area contributed by atoms with Gasteiger partial charge in [-0.15, -0.1) is 0 Å². The Kier molecular flexibility index (Phi) is 4.82. The lowest BCUT2D eigenvalue weighted by molar-refractivity contribution is 0.277. The van der Waals surface area contributed by atoms with Crippen molar-refractivity contribution in [1.29, 1.82) is 0 Å². The second-order valence-corrected chi connectivity index (χ2v) is 4.87. The van der Waals surface area contributed by atoms with Gasteiger partial charge in [-0.05, 0) is 29.8 Å². The van der Waals surface area contributed by atoms with E-state index in [-0.39, 0.29) is 6.61 Å². The summed E-state index contributed by atoms with van der Waals surface area (Å²) in [5, 5.41) is 9.68. The van der Waals surface area contributed by atoms with Crippen molar-refractivity contribution in [2.45, 2.75) is 13.2 Å². The number of pyridine rings is 1. The molecule has 0 amide bonds. The van der Waals surface area contributed by atoms with Gasteiger partial charge in [0.05, 0.1) is 24.4 Å². The molecule has 0 spiro atoms. The molecule has 0 unspecified atom stereocenters. The van der Waals surface area contributed by atoms with Crippen molar-refractivity contribution < 1.29 is 9.84 Å². The van der Waals surface area contributed by atoms with Gasteiger partial charge in [-0.2, -0.15) is 0 Å². The number of hydrogen-bond acceptors (Lipinski definition) is 4. The van der Waals surface area contributed by atoms with Crippen LogP contribution < -0.4 is 9.64 Å². The molecule has 2 aromatic rings. The zero-order valence-corrected chi connectivity index (χ0v) is 12.3. The van der Waals surface area contributed by atoms with E-state index in [0.717, 1.165) is 17.1 Å². The Bertz CT molecular complexity index is 590. The highest BCUT2D eigenvalue weighted by Crippen LogP contribution is 2.21. The molecule has 5 heteroatoms. The Balaban J connectivity index is 2.16. The van der Waals surface area contributed by atoms with E-state index in [1.165, 1.54) is 0 Å². The number of halogens is 1. The van der Waals surface area contributed by atoms with Gasteiger partial charge in [-0.1, -0.05) is 23.7 Å². The first-order valence-electron chi connectivity index (χ1n) is 6.24. The monoisotopic (exact) mass is 292 g/mol. The van der Waals surface area contributed by atoms with Crippen LogP contribution >= 0.6 is 11.6 Å². The van der Waals surface area contributed by atoms with Gasteiger partial charge in [0.15, 0.2) is 0 Å². The summed E-state index contributed by atoms with van der Waals surface area (Å²) >= 11 is 5.94. The summed E-state index contributed by atoms with van der Waals surface area (Å²) in [6.45, 7) is 0.524. The first-order chi connectivity index (χ1) is 9.63. The van der Waals surface area contributed by atoms with Crippen LogP contribution in [-0.2, 0) is 13.2 Å². The molecule has 0 bridgehead atoms. The number of anilines is 1. The Hall–Kier alpha value is -1.78. The zero-order valence-electron chi connectivity index (χ0n) is 11.5. The molecule has 20 heavy (non-hydrogen) atoms. The van der Waals surface area contributed by atoms with E-state index in [9.17, 15) is 5.11 Å². The van der Waals surface area contributed by atoms with Crippen LogP contribution in [0.5, 0.6) is 5.75 Å². The Morgan fingerprint density at radius 1 is 1.30 bits per heavy atom. The molecular weight excluding hydrogens is 276 g/mol. The third kappa shape index (κ3) is 3.40. The van der Waals surface area contributed by atoms with Gasteiger partial charge < -0.3 is 14.7 Å². The maximum absolute atomic E-state index is 9.20. The average molecular weight is 293 g/mol. The third-order valence-corrected chi connectivity index (χ3v) is 3.34. The van der Waals surface area contributed by atoms with Crippen molar-refractivity contribution in [1.82, 2.24) is 4.98 Å². The number of benzene rings is 1. The number of rotatable bonds is 5. The standard InChI is InChI=1S/C15H17ClN2O2/c1-18(9-11-4-3-5-12(8-11)20-2)15-7-6-13(16)14(10-19)17-15/h3-8,19H,9-10H2,1-2H3. The molecular formula is C15H17ClN2O2. The molecule has 1 heterocycles. The lowest BCUT2D eigenvalue weighted by Gasteiger charge is -2.19. The molecule has 0 aliphatic rings. The van der Waals surface area contributed by atoms with Gasteiger partial charge in [0, 0.05) is 13.6 Å². The fraction of sp³-hybridized carbons (Fsp3) is 0.267. The topological polar surface area (TPSA) is 45.6 Å². The van der Waals surface area contributed by atoms with Crippen LogP contribution in [0.2, 0.25) is 5.02 Å². The molecule has 1 N–H and O–H groups in total. The van der Waals surface area contributed by atoms with Crippen molar-refractivity contribution in [3.05, 3.63) is 52.7 Å². The van der Waals surface area contributed by atoms with Crippen molar-refractivity contribution in [3.8, 4) is 5.75 Å². The fourth-order valence-electron chi connectivity index (χ4n) is 1.92. The summed E-state index contributed by atoms with van der Waals surface area (Å²) < 4.78 is 5.21. The highest BCUT2D eigenvalue weighted by Gasteiger charge is 2.08. The molecule has 1 aromatic heterocycles. The molecule has 2 rings (SSSR count). The molecule has 0 radical (unpaired) electrons. The van der Waals surface area contributed by atoms with E-state index in [0.29, 0.717) is 17.3 Å². The quantitative estimate of drug-likeness (QED) is 0.920. The number of ether oxygens (including phenoxy) is 1. The number of aromatic nitrogens is 1. The van der Waals surface area contributed by atoms with Gasteiger partial charge in [-0.3, -0.25) is 0 Å².